The first-order valence-electron chi connectivity index (χ1n) is 7.80. The van der Waals surface area contributed by atoms with Gasteiger partial charge in [-0.1, -0.05) is 24.3 Å². The third-order valence-corrected chi connectivity index (χ3v) is 4.22. The van der Waals surface area contributed by atoms with E-state index in [0.29, 0.717) is 0 Å². The highest BCUT2D eigenvalue weighted by molar-refractivity contribution is 5.22. The molecule has 2 rings (SSSR count). The lowest BCUT2D eigenvalue weighted by Crippen LogP contribution is -2.26. The van der Waals surface area contributed by atoms with E-state index in [2.05, 4.69) is 41.5 Å². The molecule has 1 aliphatic rings. The van der Waals surface area contributed by atoms with Gasteiger partial charge in [-0.05, 0) is 64.0 Å². The molecule has 0 aliphatic carbocycles. The largest absolute Gasteiger partial charge is 0.377 e. The molecule has 3 heteroatoms. The Balaban J connectivity index is 1.63. The number of nitrogens with zero attached hydrogens (tertiary/aromatic N) is 1. The van der Waals surface area contributed by atoms with Crippen LogP contribution in [0, 0.1) is 0 Å². The molecule has 3 nitrogen and oxygen atoms in total. The van der Waals surface area contributed by atoms with Gasteiger partial charge in [-0.15, -0.1) is 0 Å². The van der Waals surface area contributed by atoms with E-state index in [0.717, 1.165) is 38.6 Å². The zero-order valence-corrected chi connectivity index (χ0v) is 12.9. The van der Waals surface area contributed by atoms with Crippen LogP contribution >= 0.6 is 0 Å². The number of rotatable bonds is 8. The van der Waals surface area contributed by atoms with Gasteiger partial charge in [-0.2, -0.15) is 0 Å². The van der Waals surface area contributed by atoms with Crippen molar-refractivity contribution in [1.29, 1.82) is 0 Å². The number of hydrogen-bond donors (Lipinski definition) is 1. The van der Waals surface area contributed by atoms with Gasteiger partial charge in [0.05, 0.1) is 6.61 Å². The summed E-state index contributed by atoms with van der Waals surface area (Å²) in [5.74, 6) is 0. The van der Waals surface area contributed by atoms with Crippen LogP contribution in [0.5, 0.6) is 0 Å². The summed E-state index contributed by atoms with van der Waals surface area (Å²) in [6.45, 7) is 3.89. The minimum Gasteiger partial charge on any atom is -0.377 e. The number of likely N-dealkylation sites (N-methyl/N-ethyl adjacent to an activating group) is 1. The Kier molecular flexibility index (Phi) is 6.51. The molecule has 1 N–H and O–H groups in total. The summed E-state index contributed by atoms with van der Waals surface area (Å²) in [5.41, 5.74) is 2.66. The Morgan fingerprint density at radius 3 is 2.65 bits per heavy atom. The van der Waals surface area contributed by atoms with Crippen molar-refractivity contribution in [3.63, 3.8) is 0 Å². The lowest BCUT2D eigenvalue weighted by atomic mass is 10.1. The molecule has 0 spiro atoms. The van der Waals surface area contributed by atoms with E-state index in [1.807, 2.05) is 7.05 Å². The predicted molar refractivity (Wildman–Crippen MR) is 84.0 cm³/mol. The monoisotopic (exact) mass is 276 g/mol. The average molecular weight is 276 g/mol. The molecule has 1 heterocycles. The summed E-state index contributed by atoms with van der Waals surface area (Å²) >= 11 is 0. The Hall–Kier alpha value is -0.900. The normalized spacial score (nSPS) is 19.6. The summed E-state index contributed by atoms with van der Waals surface area (Å²) < 4.78 is 5.81. The molecule has 1 aliphatic heterocycles. The van der Waals surface area contributed by atoms with Crippen LogP contribution < -0.4 is 5.32 Å². The molecule has 1 aromatic rings. The smallest absolute Gasteiger partial charge is 0.0716 e. The maximum absolute atomic E-state index is 5.81. The second-order valence-corrected chi connectivity index (χ2v) is 5.79. The third kappa shape index (κ3) is 4.89. The van der Waals surface area contributed by atoms with Crippen LogP contribution in [0.25, 0.3) is 0 Å². The minimum absolute atomic E-state index is 0.735. The van der Waals surface area contributed by atoms with Crippen molar-refractivity contribution < 1.29 is 4.74 Å². The van der Waals surface area contributed by atoms with E-state index in [-0.39, 0.29) is 0 Å². The summed E-state index contributed by atoms with van der Waals surface area (Å²) in [5, 5.41) is 3.17. The highest BCUT2D eigenvalue weighted by Gasteiger charge is 2.19. The summed E-state index contributed by atoms with van der Waals surface area (Å²) in [6.07, 6.45) is 4.93. The molecule has 0 saturated carbocycles. The summed E-state index contributed by atoms with van der Waals surface area (Å²) in [7, 11) is 4.21. The maximum atomic E-state index is 5.81. The van der Waals surface area contributed by atoms with E-state index < -0.39 is 0 Å². The highest BCUT2D eigenvalue weighted by atomic mass is 16.5. The molecule has 0 aromatic heterocycles. The Bertz CT molecular complexity index is 377. The minimum atomic E-state index is 0.735. The Morgan fingerprint density at radius 1 is 1.25 bits per heavy atom. The predicted octanol–water partition coefficient (Wildman–Crippen LogP) is 2.45. The maximum Gasteiger partial charge on any atom is 0.0716 e. The van der Waals surface area contributed by atoms with E-state index in [1.165, 1.54) is 30.5 Å². The van der Waals surface area contributed by atoms with Crippen LogP contribution in [0.2, 0.25) is 0 Å². The van der Waals surface area contributed by atoms with Crippen molar-refractivity contribution in [2.75, 3.05) is 33.8 Å². The first-order valence-corrected chi connectivity index (χ1v) is 7.80. The van der Waals surface area contributed by atoms with Crippen LogP contribution in [0.4, 0.5) is 0 Å². The van der Waals surface area contributed by atoms with Gasteiger partial charge in [0.2, 0.25) is 0 Å². The van der Waals surface area contributed by atoms with Gasteiger partial charge in [0.1, 0.15) is 0 Å². The van der Waals surface area contributed by atoms with Crippen LogP contribution in [-0.4, -0.2) is 44.7 Å². The van der Waals surface area contributed by atoms with E-state index in [1.54, 1.807) is 0 Å². The van der Waals surface area contributed by atoms with E-state index >= 15 is 0 Å². The Morgan fingerprint density at radius 2 is 2.00 bits per heavy atom. The fraction of sp³-hybridized carbons (Fsp3) is 0.647. The first-order chi connectivity index (χ1) is 9.79. The number of likely N-dealkylation sites (tertiary alicyclic amines) is 1. The van der Waals surface area contributed by atoms with Crippen molar-refractivity contribution in [3.05, 3.63) is 35.4 Å². The molecule has 0 bridgehead atoms. The van der Waals surface area contributed by atoms with E-state index in [4.69, 9.17) is 4.74 Å². The standard InChI is InChI=1S/C17H28N2O/c1-18-11-9-15-5-7-16(8-6-15)14-20-13-10-17-4-3-12-19(17)2/h5-8,17-18H,3-4,9-14H2,1-2H3. The zero-order valence-electron chi connectivity index (χ0n) is 12.9. The van der Waals surface area contributed by atoms with Gasteiger partial charge in [-0.25, -0.2) is 0 Å². The van der Waals surface area contributed by atoms with Crippen molar-refractivity contribution in [2.45, 2.75) is 38.3 Å². The van der Waals surface area contributed by atoms with E-state index in [9.17, 15) is 0 Å². The molecule has 0 radical (unpaired) electrons. The number of ether oxygens (including phenoxy) is 1. The van der Waals surface area contributed by atoms with Gasteiger partial charge in [0.15, 0.2) is 0 Å². The second kappa shape index (κ2) is 8.40. The molecule has 1 fully saturated rings. The quantitative estimate of drug-likeness (QED) is 0.738. The van der Waals surface area contributed by atoms with Gasteiger partial charge in [0, 0.05) is 12.6 Å². The molecule has 0 amide bonds. The fourth-order valence-electron chi connectivity index (χ4n) is 2.82. The van der Waals surface area contributed by atoms with Crippen LogP contribution in [0.1, 0.15) is 30.4 Å². The highest BCUT2D eigenvalue weighted by Crippen LogP contribution is 2.17. The number of hydrogen-bond acceptors (Lipinski definition) is 3. The first kappa shape index (κ1) is 15.5. The van der Waals surface area contributed by atoms with Crippen molar-refractivity contribution in [3.8, 4) is 0 Å². The Labute approximate surface area is 123 Å². The molecule has 1 aromatic carbocycles. The average Bonchev–Trinajstić information content (AvgIpc) is 2.88. The molecule has 1 saturated heterocycles. The summed E-state index contributed by atoms with van der Waals surface area (Å²) in [4.78, 5) is 2.46. The topological polar surface area (TPSA) is 24.5 Å². The second-order valence-electron chi connectivity index (χ2n) is 5.79. The number of benzene rings is 1. The zero-order chi connectivity index (χ0) is 14.2. The van der Waals surface area contributed by atoms with Gasteiger partial charge in [0.25, 0.3) is 0 Å². The van der Waals surface area contributed by atoms with Gasteiger partial charge in [-0.3, -0.25) is 0 Å². The molecular formula is C17H28N2O. The SMILES string of the molecule is CNCCc1ccc(COCCC2CCCN2C)cc1. The lowest BCUT2D eigenvalue weighted by molar-refractivity contribution is 0.101. The van der Waals surface area contributed by atoms with Crippen molar-refractivity contribution in [2.24, 2.45) is 0 Å². The van der Waals surface area contributed by atoms with Crippen molar-refractivity contribution in [1.82, 2.24) is 10.2 Å². The number of nitrogens with one attached hydrogen (secondary N) is 1. The molecule has 1 atom stereocenters. The lowest BCUT2D eigenvalue weighted by Gasteiger charge is -2.19. The fourth-order valence-corrected chi connectivity index (χ4v) is 2.82. The van der Waals surface area contributed by atoms with Crippen LogP contribution in [-0.2, 0) is 17.8 Å². The molecular weight excluding hydrogens is 248 g/mol. The van der Waals surface area contributed by atoms with Crippen molar-refractivity contribution >= 4 is 0 Å². The van der Waals surface area contributed by atoms with Gasteiger partial charge >= 0.3 is 0 Å². The summed E-state index contributed by atoms with van der Waals surface area (Å²) in [6, 6.07) is 9.53. The molecule has 1 unspecified atom stereocenters. The molecule has 112 valence electrons. The van der Waals surface area contributed by atoms with Crippen LogP contribution in [0.15, 0.2) is 24.3 Å². The van der Waals surface area contributed by atoms with Gasteiger partial charge < -0.3 is 15.0 Å². The molecule has 20 heavy (non-hydrogen) atoms. The third-order valence-electron chi connectivity index (χ3n) is 4.22. The van der Waals surface area contributed by atoms with Crippen LogP contribution in [0.3, 0.4) is 0 Å².